The van der Waals surface area contributed by atoms with Gasteiger partial charge in [0.1, 0.15) is 17.3 Å². The van der Waals surface area contributed by atoms with Gasteiger partial charge in [-0.05, 0) is 42.5 Å². The molecule has 0 radical (unpaired) electrons. The molecule has 0 saturated heterocycles. The molecule has 5 heteroatoms. The molecule has 1 amide bonds. The lowest BCUT2D eigenvalue weighted by Gasteiger charge is -2.12. The smallest absolute Gasteiger partial charge is 0.253 e. The Morgan fingerprint density at radius 3 is 2.35 bits per heavy atom. The molecular formula is C15H13BrFNO2. The van der Waals surface area contributed by atoms with Crippen LogP contribution < -0.4 is 4.74 Å². The van der Waals surface area contributed by atoms with Gasteiger partial charge in [-0.2, -0.15) is 0 Å². The van der Waals surface area contributed by atoms with Gasteiger partial charge in [-0.25, -0.2) is 4.39 Å². The average molecular weight is 338 g/mol. The molecule has 104 valence electrons. The number of ether oxygens (including phenoxy) is 1. The number of amides is 1. The van der Waals surface area contributed by atoms with E-state index >= 15 is 0 Å². The van der Waals surface area contributed by atoms with Crippen molar-refractivity contribution in [3.05, 3.63) is 58.3 Å². The van der Waals surface area contributed by atoms with Crippen molar-refractivity contribution in [1.82, 2.24) is 4.90 Å². The minimum absolute atomic E-state index is 0.116. The largest absolute Gasteiger partial charge is 0.457 e. The summed E-state index contributed by atoms with van der Waals surface area (Å²) < 4.78 is 19.2. The summed E-state index contributed by atoms with van der Waals surface area (Å²) in [5.74, 6) is 0.578. The molecule has 20 heavy (non-hydrogen) atoms. The molecule has 0 aliphatic rings. The van der Waals surface area contributed by atoms with Crippen molar-refractivity contribution in [3.8, 4) is 11.5 Å². The van der Waals surface area contributed by atoms with Crippen molar-refractivity contribution in [2.24, 2.45) is 0 Å². The fraction of sp³-hybridized carbons (Fsp3) is 0.133. The van der Waals surface area contributed by atoms with Crippen LogP contribution in [0.5, 0.6) is 11.5 Å². The Hall–Kier alpha value is -1.88. The number of benzene rings is 2. The van der Waals surface area contributed by atoms with Crippen LogP contribution in [-0.2, 0) is 0 Å². The SMILES string of the molecule is CN(C)C(=O)c1cc(Br)cc(Oc2ccc(F)cc2)c1. The van der Waals surface area contributed by atoms with Crippen molar-refractivity contribution in [2.75, 3.05) is 14.1 Å². The molecule has 0 aliphatic heterocycles. The summed E-state index contributed by atoms with van der Waals surface area (Å²) in [4.78, 5) is 13.4. The van der Waals surface area contributed by atoms with Crippen LogP contribution >= 0.6 is 15.9 Å². The van der Waals surface area contributed by atoms with Gasteiger partial charge in [0.2, 0.25) is 0 Å². The van der Waals surface area contributed by atoms with Crippen LogP contribution in [0.3, 0.4) is 0 Å². The molecule has 0 aromatic heterocycles. The zero-order valence-corrected chi connectivity index (χ0v) is 12.6. The summed E-state index contributed by atoms with van der Waals surface area (Å²) in [6.07, 6.45) is 0. The third kappa shape index (κ3) is 3.57. The lowest BCUT2D eigenvalue weighted by molar-refractivity contribution is 0.0827. The van der Waals surface area contributed by atoms with E-state index in [0.717, 1.165) is 4.47 Å². The summed E-state index contributed by atoms with van der Waals surface area (Å²) in [7, 11) is 3.37. The van der Waals surface area contributed by atoms with Crippen molar-refractivity contribution in [3.63, 3.8) is 0 Å². The number of hydrogen-bond donors (Lipinski definition) is 0. The molecule has 2 rings (SSSR count). The molecule has 3 nitrogen and oxygen atoms in total. The molecule has 0 bridgehead atoms. The molecule has 2 aromatic carbocycles. The second-order valence-corrected chi connectivity index (χ2v) is 5.35. The van der Waals surface area contributed by atoms with E-state index in [-0.39, 0.29) is 11.7 Å². The Bertz CT molecular complexity index is 626. The number of hydrogen-bond acceptors (Lipinski definition) is 2. The monoisotopic (exact) mass is 337 g/mol. The fourth-order valence-electron chi connectivity index (χ4n) is 1.64. The normalized spacial score (nSPS) is 10.2. The maximum absolute atomic E-state index is 12.8. The van der Waals surface area contributed by atoms with Gasteiger partial charge in [0.05, 0.1) is 0 Å². The molecule has 0 spiro atoms. The molecule has 0 saturated carbocycles. The molecular weight excluding hydrogens is 325 g/mol. The first kappa shape index (κ1) is 14.5. The highest BCUT2D eigenvalue weighted by Crippen LogP contribution is 2.27. The maximum atomic E-state index is 12.8. The van der Waals surface area contributed by atoms with Gasteiger partial charge in [0.15, 0.2) is 0 Å². The highest BCUT2D eigenvalue weighted by atomic mass is 79.9. The lowest BCUT2D eigenvalue weighted by atomic mass is 10.2. The molecule has 2 aromatic rings. The van der Waals surface area contributed by atoms with Crippen LogP contribution in [0, 0.1) is 5.82 Å². The van der Waals surface area contributed by atoms with Crippen LogP contribution in [-0.4, -0.2) is 24.9 Å². The summed E-state index contributed by atoms with van der Waals surface area (Å²) >= 11 is 3.34. The quantitative estimate of drug-likeness (QED) is 0.844. The molecule has 0 atom stereocenters. The van der Waals surface area contributed by atoms with Crippen LogP contribution in [0.25, 0.3) is 0 Å². The number of rotatable bonds is 3. The second kappa shape index (κ2) is 6.05. The van der Waals surface area contributed by atoms with Gasteiger partial charge < -0.3 is 9.64 Å². The van der Waals surface area contributed by atoms with E-state index < -0.39 is 0 Å². The predicted molar refractivity (Wildman–Crippen MR) is 78.6 cm³/mol. The zero-order chi connectivity index (χ0) is 14.7. The summed E-state index contributed by atoms with van der Waals surface area (Å²) in [6.45, 7) is 0. The highest BCUT2D eigenvalue weighted by Gasteiger charge is 2.11. The number of carbonyl (C=O) groups excluding carboxylic acids is 1. The summed E-state index contributed by atoms with van der Waals surface area (Å²) in [5, 5.41) is 0. The van der Waals surface area contributed by atoms with Gasteiger partial charge in [-0.15, -0.1) is 0 Å². The van der Waals surface area contributed by atoms with Gasteiger partial charge >= 0.3 is 0 Å². The van der Waals surface area contributed by atoms with Crippen LogP contribution in [0.2, 0.25) is 0 Å². The minimum atomic E-state index is -0.324. The topological polar surface area (TPSA) is 29.5 Å². The standard InChI is InChI=1S/C15H13BrFNO2/c1-18(2)15(19)10-7-11(16)9-14(8-10)20-13-5-3-12(17)4-6-13/h3-9H,1-2H3. The second-order valence-electron chi connectivity index (χ2n) is 4.43. The maximum Gasteiger partial charge on any atom is 0.253 e. The Balaban J connectivity index is 2.28. The Kier molecular flexibility index (Phi) is 4.39. The predicted octanol–water partition coefficient (Wildman–Crippen LogP) is 4.08. The van der Waals surface area contributed by atoms with E-state index in [1.54, 1.807) is 32.3 Å². The average Bonchev–Trinajstić information content (AvgIpc) is 2.40. The van der Waals surface area contributed by atoms with Crippen LogP contribution in [0.15, 0.2) is 46.9 Å². The minimum Gasteiger partial charge on any atom is -0.457 e. The molecule has 0 N–H and O–H groups in total. The van der Waals surface area contributed by atoms with E-state index in [0.29, 0.717) is 17.1 Å². The van der Waals surface area contributed by atoms with Gasteiger partial charge in [0, 0.05) is 24.1 Å². The van der Waals surface area contributed by atoms with E-state index in [4.69, 9.17) is 4.74 Å². The summed E-state index contributed by atoms with van der Waals surface area (Å²) in [6, 6.07) is 10.8. The van der Waals surface area contributed by atoms with Gasteiger partial charge in [-0.1, -0.05) is 15.9 Å². The Morgan fingerprint density at radius 2 is 1.75 bits per heavy atom. The highest BCUT2D eigenvalue weighted by molar-refractivity contribution is 9.10. The van der Waals surface area contributed by atoms with Crippen molar-refractivity contribution < 1.29 is 13.9 Å². The van der Waals surface area contributed by atoms with Crippen LogP contribution in [0.1, 0.15) is 10.4 Å². The third-order valence-electron chi connectivity index (χ3n) is 2.57. The molecule has 0 heterocycles. The summed E-state index contributed by atoms with van der Waals surface area (Å²) in [5.41, 5.74) is 0.515. The number of carbonyl (C=O) groups is 1. The molecule has 0 unspecified atom stereocenters. The first-order chi connectivity index (χ1) is 9.45. The van der Waals surface area contributed by atoms with E-state index in [1.165, 1.54) is 29.2 Å². The van der Waals surface area contributed by atoms with Gasteiger partial charge in [0.25, 0.3) is 5.91 Å². The van der Waals surface area contributed by atoms with Gasteiger partial charge in [-0.3, -0.25) is 4.79 Å². The number of nitrogens with zero attached hydrogens (tertiary/aromatic N) is 1. The van der Waals surface area contributed by atoms with E-state index in [2.05, 4.69) is 15.9 Å². The zero-order valence-electron chi connectivity index (χ0n) is 11.1. The molecule has 0 aliphatic carbocycles. The third-order valence-corrected chi connectivity index (χ3v) is 3.03. The lowest BCUT2D eigenvalue weighted by Crippen LogP contribution is -2.21. The van der Waals surface area contributed by atoms with Crippen molar-refractivity contribution in [1.29, 1.82) is 0 Å². The Labute approximate surface area is 125 Å². The fourth-order valence-corrected chi connectivity index (χ4v) is 2.11. The van der Waals surface area contributed by atoms with E-state index in [9.17, 15) is 9.18 Å². The first-order valence-corrected chi connectivity index (χ1v) is 6.70. The van der Waals surface area contributed by atoms with Crippen LogP contribution in [0.4, 0.5) is 4.39 Å². The van der Waals surface area contributed by atoms with Crippen molar-refractivity contribution in [2.45, 2.75) is 0 Å². The first-order valence-electron chi connectivity index (χ1n) is 5.91. The number of halogens is 2. The van der Waals surface area contributed by atoms with E-state index in [1.807, 2.05) is 0 Å². The Morgan fingerprint density at radius 1 is 1.10 bits per heavy atom. The van der Waals surface area contributed by atoms with Crippen molar-refractivity contribution >= 4 is 21.8 Å². The molecule has 0 fully saturated rings.